The number of aryl methyl sites for hydroxylation is 1. The molecule has 5 heteroatoms. The van der Waals surface area contributed by atoms with Gasteiger partial charge in [-0.1, -0.05) is 37.3 Å². The van der Waals surface area contributed by atoms with Crippen molar-refractivity contribution >= 4 is 5.96 Å². The molecule has 5 nitrogen and oxygen atoms in total. The molecule has 0 radical (unpaired) electrons. The van der Waals surface area contributed by atoms with Crippen LogP contribution in [0.5, 0.6) is 11.5 Å². The lowest BCUT2D eigenvalue weighted by molar-refractivity contribution is 0.406. The quantitative estimate of drug-likeness (QED) is 0.552. The molecule has 1 atom stereocenters. The summed E-state index contributed by atoms with van der Waals surface area (Å²) in [4.78, 5) is 4.31. The number of para-hydroxylation sites is 1. The maximum atomic E-state index is 5.46. The third-order valence-corrected chi connectivity index (χ3v) is 4.65. The fourth-order valence-corrected chi connectivity index (χ4v) is 3.00. The molecule has 2 N–H and O–H groups in total. The summed E-state index contributed by atoms with van der Waals surface area (Å²) in [6, 6.07) is 14.5. The number of hydrogen-bond donors (Lipinski definition) is 2. The van der Waals surface area contributed by atoms with Gasteiger partial charge in [-0.05, 0) is 42.2 Å². The average molecular weight is 370 g/mol. The lowest BCUT2D eigenvalue weighted by atomic mass is 10.0. The van der Waals surface area contributed by atoms with Crippen molar-refractivity contribution in [2.24, 2.45) is 4.99 Å². The molecule has 0 bridgehead atoms. The summed E-state index contributed by atoms with van der Waals surface area (Å²) in [6.07, 6.45) is 0.902. The van der Waals surface area contributed by atoms with Crippen molar-refractivity contribution in [1.29, 1.82) is 0 Å². The second kappa shape index (κ2) is 10.5. The molecule has 2 aromatic rings. The lowest BCUT2D eigenvalue weighted by Crippen LogP contribution is -2.39. The Morgan fingerprint density at radius 1 is 1.04 bits per heavy atom. The van der Waals surface area contributed by atoms with E-state index in [0.717, 1.165) is 42.5 Å². The van der Waals surface area contributed by atoms with Crippen LogP contribution in [0.4, 0.5) is 0 Å². The first-order chi connectivity index (χ1) is 13.1. The second-order valence-corrected chi connectivity index (χ2v) is 6.58. The summed E-state index contributed by atoms with van der Waals surface area (Å²) in [5, 5.41) is 6.77. The first kappa shape index (κ1) is 20.6. The van der Waals surface area contributed by atoms with Crippen LogP contribution in [0.2, 0.25) is 0 Å². The molecule has 0 aliphatic heterocycles. The molecule has 2 rings (SSSR count). The molecular formula is C22H31N3O2. The number of guanidine groups is 1. The van der Waals surface area contributed by atoms with E-state index in [1.54, 1.807) is 21.3 Å². The molecule has 0 aromatic heterocycles. The largest absolute Gasteiger partial charge is 0.496 e. The van der Waals surface area contributed by atoms with Crippen LogP contribution >= 0.6 is 0 Å². The molecule has 0 aliphatic carbocycles. The van der Waals surface area contributed by atoms with Gasteiger partial charge >= 0.3 is 0 Å². The minimum atomic E-state index is 0.307. The van der Waals surface area contributed by atoms with Gasteiger partial charge in [0.15, 0.2) is 5.96 Å². The number of aliphatic imine (C=N–C) groups is 1. The highest BCUT2D eigenvalue weighted by molar-refractivity contribution is 5.79. The Hall–Kier alpha value is -2.69. The van der Waals surface area contributed by atoms with Gasteiger partial charge in [0.05, 0.1) is 14.2 Å². The first-order valence-corrected chi connectivity index (χ1v) is 9.30. The maximum absolute atomic E-state index is 5.46. The van der Waals surface area contributed by atoms with Crippen LogP contribution in [-0.2, 0) is 6.42 Å². The third-order valence-electron chi connectivity index (χ3n) is 4.65. The van der Waals surface area contributed by atoms with E-state index in [9.17, 15) is 0 Å². The van der Waals surface area contributed by atoms with Gasteiger partial charge in [-0.25, -0.2) is 0 Å². The summed E-state index contributed by atoms with van der Waals surface area (Å²) in [5.41, 5.74) is 3.58. The molecule has 0 saturated heterocycles. The molecule has 27 heavy (non-hydrogen) atoms. The van der Waals surface area contributed by atoms with E-state index >= 15 is 0 Å². The summed E-state index contributed by atoms with van der Waals surface area (Å²) in [5.74, 6) is 2.96. The van der Waals surface area contributed by atoms with Gasteiger partial charge in [0.1, 0.15) is 11.5 Å². The van der Waals surface area contributed by atoms with E-state index < -0.39 is 0 Å². The molecule has 0 amide bonds. The van der Waals surface area contributed by atoms with Crippen molar-refractivity contribution in [3.05, 3.63) is 59.2 Å². The number of methoxy groups -OCH3 is 2. The van der Waals surface area contributed by atoms with Crippen LogP contribution in [0.1, 0.15) is 29.5 Å². The minimum absolute atomic E-state index is 0.307. The fourth-order valence-electron chi connectivity index (χ4n) is 3.00. The van der Waals surface area contributed by atoms with Gasteiger partial charge < -0.3 is 20.1 Å². The van der Waals surface area contributed by atoms with Crippen LogP contribution in [0.25, 0.3) is 0 Å². The number of hydrogen-bond acceptors (Lipinski definition) is 3. The van der Waals surface area contributed by atoms with Gasteiger partial charge in [-0.15, -0.1) is 0 Å². The SMILES string of the molecule is CN=C(NCCc1ccc(C)c(OC)c1)NCC(C)c1ccccc1OC. The number of ether oxygens (including phenoxy) is 2. The molecular weight excluding hydrogens is 338 g/mol. The van der Waals surface area contributed by atoms with Crippen molar-refractivity contribution in [2.75, 3.05) is 34.4 Å². The molecule has 146 valence electrons. The third kappa shape index (κ3) is 5.91. The number of nitrogens with one attached hydrogen (secondary N) is 2. The van der Waals surface area contributed by atoms with Gasteiger partial charge in [0.25, 0.3) is 0 Å². The molecule has 0 saturated carbocycles. The molecule has 1 unspecified atom stereocenters. The van der Waals surface area contributed by atoms with Crippen LogP contribution < -0.4 is 20.1 Å². The maximum Gasteiger partial charge on any atom is 0.191 e. The predicted octanol–water partition coefficient (Wildman–Crippen LogP) is 3.52. The van der Waals surface area contributed by atoms with E-state index in [1.807, 2.05) is 18.2 Å². The standard InChI is InChI=1S/C22H31N3O2/c1-16-10-11-18(14-21(16)27-5)12-13-24-22(23-3)25-15-17(2)19-8-6-7-9-20(19)26-4/h6-11,14,17H,12-13,15H2,1-5H3,(H2,23,24,25). The van der Waals surface area contributed by atoms with Crippen molar-refractivity contribution < 1.29 is 9.47 Å². The van der Waals surface area contributed by atoms with Gasteiger partial charge in [0.2, 0.25) is 0 Å². The summed E-state index contributed by atoms with van der Waals surface area (Å²) >= 11 is 0. The van der Waals surface area contributed by atoms with Gasteiger partial charge in [0, 0.05) is 26.1 Å². The van der Waals surface area contributed by atoms with E-state index in [2.05, 4.69) is 53.7 Å². The van der Waals surface area contributed by atoms with Crippen molar-refractivity contribution in [1.82, 2.24) is 10.6 Å². The van der Waals surface area contributed by atoms with Crippen LogP contribution in [0, 0.1) is 6.92 Å². The predicted molar refractivity (Wildman–Crippen MR) is 112 cm³/mol. The summed E-state index contributed by atoms with van der Waals surface area (Å²) < 4.78 is 10.9. The Labute approximate surface area is 162 Å². The topological polar surface area (TPSA) is 54.9 Å². The van der Waals surface area contributed by atoms with E-state index in [-0.39, 0.29) is 0 Å². The second-order valence-electron chi connectivity index (χ2n) is 6.58. The Bertz CT molecular complexity index is 759. The zero-order valence-electron chi connectivity index (χ0n) is 17.0. The van der Waals surface area contributed by atoms with Crippen molar-refractivity contribution in [2.45, 2.75) is 26.2 Å². The van der Waals surface area contributed by atoms with E-state index in [4.69, 9.17) is 9.47 Å². The Balaban J connectivity index is 1.84. The molecule has 0 fully saturated rings. The van der Waals surface area contributed by atoms with Gasteiger partial charge in [-0.2, -0.15) is 0 Å². The molecule has 0 heterocycles. The lowest BCUT2D eigenvalue weighted by Gasteiger charge is -2.18. The number of rotatable bonds is 8. The summed E-state index contributed by atoms with van der Waals surface area (Å²) in [7, 11) is 5.20. The zero-order chi connectivity index (χ0) is 19.6. The zero-order valence-corrected chi connectivity index (χ0v) is 17.0. The van der Waals surface area contributed by atoms with E-state index in [1.165, 1.54) is 11.1 Å². The minimum Gasteiger partial charge on any atom is -0.496 e. The average Bonchev–Trinajstić information content (AvgIpc) is 2.71. The molecule has 2 aromatic carbocycles. The first-order valence-electron chi connectivity index (χ1n) is 9.30. The van der Waals surface area contributed by atoms with Crippen LogP contribution in [0.3, 0.4) is 0 Å². The number of nitrogens with zero attached hydrogens (tertiary/aromatic N) is 1. The molecule has 0 aliphatic rings. The van der Waals surface area contributed by atoms with Crippen LogP contribution in [-0.4, -0.2) is 40.3 Å². The van der Waals surface area contributed by atoms with Gasteiger partial charge in [-0.3, -0.25) is 4.99 Å². The van der Waals surface area contributed by atoms with Crippen molar-refractivity contribution in [3.8, 4) is 11.5 Å². The molecule has 0 spiro atoms. The normalized spacial score (nSPS) is 12.4. The number of benzene rings is 2. The highest BCUT2D eigenvalue weighted by atomic mass is 16.5. The van der Waals surface area contributed by atoms with E-state index in [0.29, 0.717) is 5.92 Å². The Morgan fingerprint density at radius 2 is 1.78 bits per heavy atom. The smallest absolute Gasteiger partial charge is 0.191 e. The van der Waals surface area contributed by atoms with Crippen LogP contribution in [0.15, 0.2) is 47.5 Å². The van der Waals surface area contributed by atoms with Crippen molar-refractivity contribution in [3.63, 3.8) is 0 Å². The Morgan fingerprint density at radius 3 is 2.48 bits per heavy atom. The highest BCUT2D eigenvalue weighted by Gasteiger charge is 2.11. The fraction of sp³-hybridized carbons (Fsp3) is 0.409. The highest BCUT2D eigenvalue weighted by Crippen LogP contribution is 2.25. The monoisotopic (exact) mass is 369 g/mol. The Kier molecular flexibility index (Phi) is 7.99. The summed E-state index contributed by atoms with van der Waals surface area (Å²) in [6.45, 7) is 5.81.